The Hall–Kier alpha value is -2.50. The molecule has 5 rings (SSSR count). The Kier molecular flexibility index (Phi) is 7.54. The molecule has 2 fully saturated rings. The normalized spacial score (nSPS) is 19.6. The lowest BCUT2D eigenvalue weighted by Crippen LogP contribution is -2.54. The van der Waals surface area contributed by atoms with E-state index < -0.39 is 17.6 Å². The van der Waals surface area contributed by atoms with Gasteiger partial charge >= 0.3 is 6.18 Å². The van der Waals surface area contributed by atoms with Gasteiger partial charge in [0.25, 0.3) is 0 Å². The van der Waals surface area contributed by atoms with Crippen LogP contribution in [0.2, 0.25) is 5.15 Å². The van der Waals surface area contributed by atoms with Crippen molar-refractivity contribution in [1.29, 1.82) is 0 Å². The van der Waals surface area contributed by atoms with Gasteiger partial charge < -0.3 is 15.0 Å². The summed E-state index contributed by atoms with van der Waals surface area (Å²) >= 11 is 7.83. The SMILES string of the molecule is CO[C@@H](C)c1c(Nc2ccc([C@H](N3CCCC4(CCSCC4)C3=O)C(F)(F)F)cc2)cnc2cc(Cl)nn12. The fourth-order valence-electron chi connectivity index (χ4n) is 5.55. The summed E-state index contributed by atoms with van der Waals surface area (Å²) in [6.45, 7) is 1.95. The van der Waals surface area contributed by atoms with Gasteiger partial charge in [0.05, 0.1) is 29.1 Å². The largest absolute Gasteiger partial charge is 0.413 e. The second-order valence-corrected chi connectivity index (χ2v) is 11.5. The van der Waals surface area contributed by atoms with Crippen LogP contribution < -0.4 is 5.32 Å². The smallest absolute Gasteiger partial charge is 0.375 e. The number of methoxy groups -OCH3 is 1. The Bertz CT molecular complexity index is 1310. The van der Waals surface area contributed by atoms with Crippen molar-refractivity contribution in [2.75, 3.05) is 30.5 Å². The molecule has 1 spiro atoms. The molecule has 2 aliphatic heterocycles. The van der Waals surface area contributed by atoms with E-state index >= 15 is 0 Å². The number of alkyl halides is 3. The number of anilines is 2. The summed E-state index contributed by atoms with van der Waals surface area (Å²) in [4.78, 5) is 18.9. The second-order valence-electron chi connectivity index (χ2n) is 9.86. The van der Waals surface area contributed by atoms with Crippen molar-refractivity contribution in [3.63, 3.8) is 0 Å². The van der Waals surface area contributed by atoms with Crippen molar-refractivity contribution in [3.05, 3.63) is 52.9 Å². The molecule has 1 amide bonds. The Labute approximate surface area is 228 Å². The summed E-state index contributed by atoms with van der Waals surface area (Å²) in [5.41, 5.74) is 1.72. The van der Waals surface area contributed by atoms with E-state index in [1.54, 1.807) is 47.8 Å². The highest BCUT2D eigenvalue weighted by atomic mass is 35.5. The quantitative estimate of drug-likeness (QED) is 0.363. The van der Waals surface area contributed by atoms with Gasteiger partial charge in [-0.05, 0) is 61.8 Å². The van der Waals surface area contributed by atoms with Gasteiger partial charge in [-0.2, -0.15) is 30.0 Å². The van der Waals surface area contributed by atoms with Crippen molar-refractivity contribution < 1.29 is 22.7 Å². The number of nitrogens with one attached hydrogen (secondary N) is 1. The molecule has 4 heterocycles. The molecule has 2 saturated heterocycles. The summed E-state index contributed by atoms with van der Waals surface area (Å²) in [6.07, 6.45) is -0.830. The molecular formula is C26H29ClF3N5O2S. The van der Waals surface area contributed by atoms with E-state index in [1.807, 2.05) is 6.92 Å². The van der Waals surface area contributed by atoms with Crippen LogP contribution in [0.25, 0.3) is 5.65 Å². The number of rotatable bonds is 6. The van der Waals surface area contributed by atoms with Crippen LogP contribution in [0.5, 0.6) is 0 Å². The standard InChI is InChI=1S/C26H29ClF3N5O2S/c1-16(37-2)22-19(15-31-21-14-20(27)33-35(21)22)32-18-6-4-17(5-7-18)23(26(28,29)30)34-11-3-8-25(24(34)36)9-12-38-13-10-25/h4-7,14-16,23,32H,3,8-13H2,1-2H3/t16-,23-/m0/s1. The molecule has 1 N–H and O–H groups in total. The fraction of sp³-hybridized carbons (Fsp3) is 0.500. The first kappa shape index (κ1) is 27.1. The van der Waals surface area contributed by atoms with Gasteiger partial charge in [0.15, 0.2) is 16.8 Å². The van der Waals surface area contributed by atoms with E-state index in [-0.39, 0.29) is 29.3 Å². The number of nitrogens with zero attached hydrogens (tertiary/aromatic N) is 4. The average molecular weight is 568 g/mol. The van der Waals surface area contributed by atoms with Crippen molar-refractivity contribution in [2.45, 2.75) is 50.9 Å². The monoisotopic (exact) mass is 567 g/mol. The van der Waals surface area contributed by atoms with Crippen LogP contribution in [0, 0.1) is 5.41 Å². The lowest BCUT2D eigenvalue weighted by atomic mass is 9.73. The van der Waals surface area contributed by atoms with Crippen LogP contribution in [0.3, 0.4) is 0 Å². The first-order valence-corrected chi connectivity index (χ1v) is 14.1. The summed E-state index contributed by atoms with van der Waals surface area (Å²) in [5.74, 6) is 1.27. The Morgan fingerprint density at radius 3 is 2.55 bits per heavy atom. The third kappa shape index (κ3) is 5.08. The Morgan fingerprint density at radius 1 is 1.18 bits per heavy atom. The predicted octanol–water partition coefficient (Wildman–Crippen LogP) is 6.57. The molecule has 7 nitrogen and oxygen atoms in total. The van der Waals surface area contributed by atoms with Gasteiger partial charge in [-0.3, -0.25) is 4.79 Å². The van der Waals surface area contributed by atoms with E-state index in [0.29, 0.717) is 48.4 Å². The molecule has 0 unspecified atom stereocenters. The van der Waals surface area contributed by atoms with Gasteiger partial charge in [-0.15, -0.1) is 0 Å². The summed E-state index contributed by atoms with van der Waals surface area (Å²) < 4.78 is 50.4. The van der Waals surface area contributed by atoms with E-state index in [0.717, 1.165) is 16.4 Å². The van der Waals surface area contributed by atoms with Crippen LogP contribution in [0.4, 0.5) is 24.5 Å². The number of likely N-dealkylation sites (tertiary alicyclic amines) is 1. The van der Waals surface area contributed by atoms with E-state index in [2.05, 4.69) is 15.4 Å². The van der Waals surface area contributed by atoms with Crippen molar-refractivity contribution in [3.8, 4) is 0 Å². The highest BCUT2D eigenvalue weighted by Crippen LogP contribution is 2.48. The molecule has 204 valence electrons. The Balaban J connectivity index is 1.44. The number of ether oxygens (including phenoxy) is 1. The second kappa shape index (κ2) is 10.6. The third-order valence-electron chi connectivity index (χ3n) is 7.58. The number of amides is 1. The van der Waals surface area contributed by atoms with Crippen LogP contribution in [-0.4, -0.2) is 56.7 Å². The minimum atomic E-state index is -4.60. The number of carbonyl (C=O) groups excluding carboxylic acids is 1. The molecule has 38 heavy (non-hydrogen) atoms. The lowest BCUT2D eigenvalue weighted by molar-refractivity contribution is -0.200. The number of hydrogen-bond donors (Lipinski definition) is 1. The number of carbonyl (C=O) groups is 1. The first-order chi connectivity index (χ1) is 18.1. The van der Waals surface area contributed by atoms with Crippen LogP contribution in [0.1, 0.15) is 56.0 Å². The minimum Gasteiger partial charge on any atom is -0.375 e. The maximum atomic E-state index is 14.4. The highest BCUT2D eigenvalue weighted by molar-refractivity contribution is 7.99. The molecule has 0 saturated carbocycles. The Morgan fingerprint density at radius 2 is 1.89 bits per heavy atom. The third-order valence-corrected chi connectivity index (χ3v) is 8.75. The number of aromatic nitrogens is 3. The molecule has 2 atom stereocenters. The summed E-state index contributed by atoms with van der Waals surface area (Å²) in [6, 6.07) is 5.67. The zero-order valence-electron chi connectivity index (χ0n) is 21.1. The van der Waals surface area contributed by atoms with Gasteiger partial charge in [0.1, 0.15) is 0 Å². The molecule has 3 aromatic rings. The maximum Gasteiger partial charge on any atom is 0.413 e. The molecule has 0 radical (unpaired) electrons. The number of thioether (sulfide) groups is 1. The van der Waals surface area contributed by atoms with Gasteiger partial charge in [-0.1, -0.05) is 23.7 Å². The topological polar surface area (TPSA) is 71.8 Å². The number of benzene rings is 1. The minimum absolute atomic E-state index is 0.0385. The molecule has 12 heteroatoms. The molecule has 0 aliphatic carbocycles. The number of piperidine rings is 1. The number of fused-ring (bicyclic) bond motifs is 1. The predicted molar refractivity (Wildman–Crippen MR) is 142 cm³/mol. The van der Waals surface area contributed by atoms with E-state index in [1.165, 1.54) is 12.1 Å². The zero-order chi connectivity index (χ0) is 27.1. The summed E-state index contributed by atoms with van der Waals surface area (Å²) in [5, 5.41) is 7.78. The molecule has 1 aromatic carbocycles. The van der Waals surface area contributed by atoms with Crippen LogP contribution >= 0.6 is 23.4 Å². The average Bonchev–Trinajstić information content (AvgIpc) is 3.27. The highest BCUT2D eigenvalue weighted by Gasteiger charge is 2.53. The van der Waals surface area contributed by atoms with Gasteiger partial charge in [0, 0.05) is 25.4 Å². The zero-order valence-corrected chi connectivity index (χ0v) is 22.7. The van der Waals surface area contributed by atoms with Crippen LogP contribution in [-0.2, 0) is 9.53 Å². The van der Waals surface area contributed by atoms with Gasteiger partial charge in [0.2, 0.25) is 5.91 Å². The number of halogens is 4. The molecule has 2 aromatic heterocycles. The number of hydrogen-bond acceptors (Lipinski definition) is 6. The first-order valence-electron chi connectivity index (χ1n) is 12.5. The molecule has 0 bridgehead atoms. The maximum absolute atomic E-state index is 14.4. The van der Waals surface area contributed by atoms with Crippen molar-refractivity contribution in [1.82, 2.24) is 19.5 Å². The molecular weight excluding hydrogens is 539 g/mol. The van der Waals surface area contributed by atoms with E-state index in [9.17, 15) is 18.0 Å². The molecule has 2 aliphatic rings. The lowest BCUT2D eigenvalue weighted by Gasteiger charge is -2.46. The summed E-state index contributed by atoms with van der Waals surface area (Å²) in [7, 11) is 1.57. The van der Waals surface area contributed by atoms with Gasteiger partial charge in [-0.25, -0.2) is 9.50 Å². The van der Waals surface area contributed by atoms with Crippen LogP contribution in [0.15, 0.2) is 36.5 Å². The van der Waals surface area contributed by atoms with Crippen molar-refractivity contribution >= 4 is 46.3 Å². The van der Waals surface area contributed by atoms with E-state index in [4.69, 9.17) is 16.3 Å². The van der Waals surface area contributed by atoms with Crippen molar-refractivity contribution in [2.24, 2.45) is 5.41 Å². The fourth-order valence-corrected chi connectivity index (χ4v) is 6.99.